The lowest BCUT2D eigenvalue weighted by Gasteiger charge is -2.17. The highest BCUT2D eigenvalue weighted by Crippen LogP contribution is 2.30. The van der Waals surface area contributed by atoms with Gasteiger partial charge in [0.05, 0.1) is 11.7 Å². The van der Waals surface area contributed by atoms with Crippen molar-refractivity contribution in [1.82, 2.24) is 5.32 Å². The molecule has 5 heteroatoms. The first kappa shape index (κ1) is 13.2. The van der Waals surface area contributed by atoms with Gasteiger partial charge in [-0.05, 0) is 56.6 Å². The van der Waals surface area contributed by atoms with E-state index in [0.717, 1.165) is 44.5 Å². The predicted octanol–water partition coefficient (Wildman–Crippen LogP) is 3.23. The van der Waals surface area contributed by atoms with Gasteiger partial charge >= 0.3 is 6.18 Å². The summed E-state index contributed by atoms with van der Waals surface area (Å²) < 4.78 is 42.8. The maximum Gasteiger partial charge on any atom is 0.416 e. The zero-order valence-corrected chi connectivity index (χ0v) is 9.96. The van der Waals surface area contributed by atoms with E-state index in [1.165, 1.54) is 12.1 Å². The summed E-state index contributed by atoms with van der Waals surface area (Å²) in [5.74, 6) is 0.509. The van der Waals surface area contributed by atoms with E-state index < -0.39 is 11.7 Å². The van der Waals surface area contributed by atoms with E-state index in [9.17, 15) is 13.2 Å². The molecule has 1 atom stereocenters. The highest BCUT2D eigenvalue weighted by molar-refractivity contribution is 5.29. The second-order valence-electron chi connectivity index (χ2n) is 4.44. The zero-order chi connectivity index (χ0) is 13.0. The zero-order valence-electron chi connectivity index (χ0n) is 9.96. The van der Waals surface area contributed by atoms with Crippen LogP contribution in [0.25, 0.3) is 0 Å². The van der Waals surface area contributed by atoms with Crippen LogP contribution < -0.4 is 10.1 Å². The summed E-state index contributed by atoms with van der Waals surface area (Å²) >= 11 is 0. The molecule has 1 fully saturated rings. The Kier molecular flexibility index (Phi) is 4.11. The van der Waals surface area contributed by atoms with Crippen LogP contribution >= 0.6 is 0 Å². The van der Waals surface area contributed by atoms with Crippen molar-refractivity contribution >= 4 is 0 Å². The van der Waals surface area contributed by atoms with Gasteiger partial charge in [0.25, 0.3) is 0 Å². The molecule has 1 heterocycles. The maximum atomic E-state index is 12.4. The van der Waals surface area contributed by atoms with Crippen molar-refractivity contribution in [2.45, 2.75) is 31.5 Å². The van der Waals surface area contributed by atoms with Crippen LogP contribution in [0.5, 0.6) is 5.75 Å². The van der Waals surface area contributed by atoms with Gasteiger partial charge in [0.15, 0.2) is 0 Å². The highest BCUT2D eigenvalue weighted by Gasteiger charge is 2.30. The van der Waals surface area contributed by atoms with Crippen molar-refractivity contribution in [2.75, 3.05) is 13.1 Å². The number of alkyl halides is 3. The second-order valence-corrected chi connectivity index (χ2v) is 4.44. The minimum absolute atomic E-state index is 0.0942. The molecule has 0 bridgehead atoms. The van der Waals surface area contributed by atoms with E-state index in [0.29, 0.717) is 5.75 Å². The molecule has 1 aromatic carbocycles. The summed E-state index contributed by atoms with van der Waals surface area (Å²) in [5.41, 5.74) is -0.641. The summed E-state index contributed by atoms with van der Waals surface area (Å²) in [4.78, 5) is 0. The van der Waals surface area contributed by atoms with Gasteiger partial charge in [-0.2, -0.15) is 13.2 Å². The third-order valence-electron chi connectivity index (χ3n) is 3.01. The van der Waals surface area contributed by atoms with Crippen LogP contribution in [0.4, 0.5) is 13.2 Å². The van der Waals surface area contributed by atoms with E-state index in [4.69, 9.17) is 4.74 Å². The van der Waals surface area contributed by atoms with E-state index in [1.807, 2.05) is 0 Å². The monoisotopic (exact) mass is 259 g/mol. The predicted molar refractivity (Wildman–Crippen MR) is 62.6 cm³/mol. The Bertz CT molecular complexity index is 367. The van der Waals surface area contributed by atoms with Crippen molar-refractivity contribution in [1.29, 1.82) is 0 Å². The van der Waals surface area contributed by atoms with Crippen LogP contribution in [-0.4, -0.2) is 19.2 Å². The van der Waals surface area contributed by atoms with Crippen LogP contribution in [-0.2, 0) is 6.18 Å². The molecule has 18 heavy (non-hydrogen) atoms. The van der Waals surface area contributed by atoms with Crippen molar-refractivity contribution in [3.8, 4) is 5.75 Å². The first-order valence-corrected chi connectivity index (χ1v) is 6.10. The quantitative estimate of drug-likeness (QED) is 0.880. The molecule has 1 saturated heterocycles. The van der Waals surface area contributed by atoms with E-state index in [-0.39, 0.29) is 6.10 Å². The summed E-state index contributed by atoms with van der Waals surface area (Å²) in [6.07, 6.45) is -1.33. The molecule has 1 aliphatic rings. The number of nitrogens with one attached hydrogen (secondary N) is 1. The average Bonchev–Trinajstić information content (AvgIpc) is 2.57. The highest BCUT2D eigenvalue weighted by atomic mass is 19.4. The van der Waals surface area contributed by atoms with Crippen molar-refractivity contribution in [3.63, 3.8) is 0 Å². The van der Waals surface area contributed by atoms with Crippen LogP contribution in [0.2, 0.25) is 0 Å². The van der Waals surface area contributed by atoms with E-state index in [1.54, 1.807) is 0 Å². The normalized spacial score (nSPS) is 21.4. The van der Waals surface area contributed by atoms with Crippen molar-refractivity contribution in [2.24, 2.45) is 0 Å². The lowest BCUT2D eigenvalue weighted by molar-refractivity contribution is -0.137. The number of hydrogen-bond acceptors (Lipinski definition) is 2. The average molecular weight is 259 g/mol. The topological polar surface area (TPSA) is 21.3 Å². The van der Waals surface area contributed by atoms with Gasteiger partial charge < -0.3 is 10.1 Å². The Balaban J connectivity index is 1.97. The molecule has 0 spiro atoms. The third kappa shape index (κ3) is 3.63. The lowest BCUT2D eigenvalue weighted by atomic mass is 10.1. The number of benzene rings is 1. The molecule has 0 saturated carbocycles. The Morgan fingerprint density at radius 1 is 1.06 bits per heavy atom. The fourth-order valence-corrected chi connectivity index (χ4v) is 2.02. The Morgan fingerprint density at radius 3 is 2.44 bits per heavy atom. The van der Waals surface area contributed by atoms with Gasteiger partial charge in [0, 0.05) is 0 Å². The van der Waals surface area contributed by atoms with Gasteiger partial charge in [0.1, 0.15) is 5.75 Å². The molecule has 2 nitrogen and oxygen atoms in total. The number of hydrogen-bond donors (Lipinski definition) is 1. The number of ether oxygens (including phenoxy) is 1. The Labute approximate surface area is 104 Å². The SMILES string of the molecule is FC(F)(F)c1ccc(OC2CCCNCC2)cc1. The smallest absolute Gasteiger partial charge is 0.416 e. The van der Waals surface area contributed by atoms with E-state index >= 15 is 0 Å². The molecule has 1 aliphatic heterocycles. The summed E-state index contributed by atoms with van der Waals surface area (Å²) in [6, 6.07) is 4.90. The minimum atomic E-state index is -4.29. The maximum absolute atomic E-state index is 12.4. The first-order valence-electron chi connectivity index (χ1n) is 6.10. The van der Waals surface area contributed by atoms with Crippen LogP contribution in [0.3, 0.4) is 0 Å². The second kappa shape index (κ2) is 5.61. The Morgan fingerprint density at radius 2 is 1.78 bits per heavy atom. The minimum Gasteiger partial charge on any atom is -0.490 e. The molecule has 2 rings (SSSR count). The van der Waals surface area contributed by atoms with Crippen LogP contribution in [0.15, 0.2) is 24.3 Å². The number of rotatable bonds is 2. The van der Waals surface area contributed by atoms with E-state index in [2.05, 4.69) is 5.32 Å². The Hall–Kier alpha value is -1.23. The van der Waals surface area contributed by atoms with Gasteiger partial charge in [-0.1, -0.05) is 0 Å². The van der Waals surface area contributed by atoms with Gasteiger partial charge in [-0.15, -0.1) is 0 Å². The molecule has 0 aromatic heterocycles. The molecule has 100 valence electrons. The molecule has 0 amide bonds. The fourth-order valence-electron chi connectivity index (χ4n) is 2.02. The van der Waals surface area contributed by atoms with Crippen molar-refractivity contribution in [3.05, 3.63) is 29.8 Å². The van der Waals surface area contributed by atoms with Gasteiger partial charge in [0.2, 0.25) is 0 Å². The van der Waals surface area contributed by atoms with Gasteiger partial charge in [-0.3, -0.25) is 0 Å². The fraction of sp³-hybridized carbons (Fsp3) is 0.538. The first-order chi connectivity index (χ1) is 8.55. The van der Waals surface area contributed by atoms with Crippen LogP contribution in [0.1, 0.15) is 24.8 Å². The summed E-state index contributed by atoms with van der Waals surface area (Å²) in [5, 5.41) is 3.26. The number of halogens is 3. The third-order valence-corrected chi connectivity index (χ3v) is 3.01. The standard InChI is InChI=1S/C13H16F3NO/c14-13(15,16)10-3-5-12(6-4-10)18-11-2-1-8-17-9-7-11/h3-6,11,17H,1-2,7-9H2. The summed E-state index contributed by atoms with van der Waals surface area (Å²) in [7, 11) is 0. The molecule has 0 aliphatic carbocycles. The van der Waals surface area contributed by atoms with Crippen molar-refractivity contribution < 1.29 is 17.9 Å². The van der Waals surface area contributed by atoms with Gasteiger partial charge in [-0.25, -0.2) is 0 Å². The molecular weight excluding hydrogens is 243 g/mol. The molecule has 1 N–H and O–H groups in total. The molecule has 0 radical (unpaired) electrons. The molecule has 1 aromatic rings. The molecular formula is C13H16F3NO. The molecule has 1 unspecified atom stereocenters. The largest absolute Gasteiger partial charge is 0.490 e. The lowest BCUT2D eigenvalue weighted by Crippen LogP contribution is -2.19. The summed E-state index contributed by atoms with van der Waals surface area (Å²) in [6.45, 7) is 1.87. The van der Waals surface area contributed by atoms with Crippen LogP contribution in [0, 0.1) is 0 Å².